The maximum absolute atomic E-state index is 12.8. The molecule has 0 aliphatic heterocycles. The Balaban J connectivity index is 2.02. The van der Waals surface area contributed by atoms with Crippen LogP contribution in [0.5, 0.6) is 0 Å². The summed E-state index contributed by atoms with van der Waals surface area (Å²) in [5.41, 5.74) is 1.71. The summed E-state index contributed by atoms with van der Waals surface area (Å²) in [5, 5.41) is 12.1. The average Bonchev–Trinajstić information content (AvgIpc) is 2.69. The Morgan fingerprint density at radius 2 is 1.61 bits per heavy atom. The van der Waals surface area contributed by atoms with Crippen LogP contribution >= 0.6 is 11.8 Å². The molecule has 2 aromatic carbocycles. The minimum absolute atomic E-state index is 0.0568. The molecule has 0 fully saturated rings. The van der Waals surface area contributed by atoms with E-state index in [9.17, 15) is 19.5 Å². The van der Waals surface area contributed by atoms with E-state index in [4.69, 9.17) is 0 Å². The first-order valence-corrected chi connectivity index (χ1v) is 10.2. The third-order valence-corrected chi connectivity index (χ3v) is 5.36. The highest BCUT2D eigenvalue weighted by Crippen LogP contribution is 2.20. The van der Waals surface area contributed by atoms with Gasteiger partial charge in [0.15, 0.2) is 11.2 Å². The minimum atomic E-state index is -1.11. The van der Waals surface area contributed by atoms with Gasteiger partial charge in [0.25, 0.3) is 0 Å². The van der Waals surface area contributed by atoms with E-state index in [1.807, 2.05) is 30.3 Å². The van der Waals surface area contributed by atoms with Crippen molar-refractivity contribution in [2.45, 2.75) is 32.2 Å². The molecule has 5 nitrogen and oxygen atoms in total. The fraction of sp³-hybridized carbons (Fsp3) is 0.318. The third kappa shape index (κ3) is 7.19. The van der Waals surface area contributed by atoms with Gasteiger partial charge < -0.3 is 10.4 Å². The van der Waals surface area contributed by atoms with E-state index in [-0.39, 0.29) is 11.0 Å². The number of carboxylic acid groups (broad SMARTS) is 1. The van der Waals surface area contributed by atoms with Gasteiger partial charge in [-0.1, -0.05) is 72.4 Å². The molecule has 0 radical (unpaired) electrons. The zero-order valence-electron chi connectivity index (χ0n) is 15.8. The van der Waals surface area contributed by atoms with Crippen LogP contribution in [0.1, 0.15) is 36.9 Å². The molecule has 2 aromatic rings. The predicted octanol–water partition coefficient (Wildman–Crippen LogP) is 3.85. The minimum Gasteiger partial charge on any atom is -0.479 e. The third-order valence-electron chi connectivity index (χ3n) is 4.39. The number of carbonyl (C=O) groups excluding carboxylic acids is 2. The highest BCUT2D eigenvalue weighted by Gasteiger charge is 2.26. The van der Waals surface area contributed by atoms with Gasteiger partial charge in [-0.25, -0.2) is 4.79 Å². The van der Waals surface area contributed by atoms with Crippen molar-refractivity contribution < 1.29 is 19.5 Å². The monoisotopic (exact) mass is 399 g/mol. The molecule has 6 heteroatoms. The molecular weight excluding hydrogens is 374 g/mol. The Morgan fingerprint density at radius 3 is 2.18 bits per heavy atom. The van der Waals surface area contributed by atoms with Crippen molar-refractivity contribution in [1.82, 2.24) is 5.32 Å². The molecule has 0 saturated heterocycles. The molecule has 28 heavy (non-hydrogen) atoms. The van der Waals surface area contributed by atoms with Gasteiger partial charge in [0, 0.05) is 18.6 Å². The van der Waals surface area contributed by atoms with Crippen LogP contribution in [0.4, 0.5) is 0 Å². The van der Waals surface area contributed by atoms with Crippen LogP contribution in [0, 0.1) is 5.92 Å². The normalized spacial score (nSPS) is 12.8. The van der Waals surface area contributed by atoms with Gasteiger partial charge in [0.1, 0.15) is 0 Å². The van der Waals surface area contributed by atoms with E-state index >= 15 is 0 Å². The molecule has 1 amide bonds. The highest BCUT2D eigenvalue weighted by atomic mass is 32.2. The number of benzene rings is 2. The number of amides is 1. The number of thioether (sulfide) groups is 1. The molecule has 0 aliphatic carbocycles. The van der Waals surface area contributed by atoms with Gasteiger partial charge in [-0.2, -0.15) is 0 Å². The maximum atomic E-state index is 12.8. The Labute approximate surface area is 169 Å². The summed E-state index contributed by atoms with van der Waals surface area (Å²) in [6.45, 7) is 1.47. The van der Waals surface area contributed by atoms with Crippen LogP contribution in [0.3, 0.4) is 0 Å². The number of aliphatic carboxylic acids is 1. The molecule has 0 spiro atoms. The van der Waals surface area contributed by atoms with Gasteiger partial charge in [0.2, 0.25) is 5.91 Å². The molecule has 0 saturated carbocycles. The zero-order valence-corrected chi connectivity index (χ0v) is 16.7. The lowest BCUT2D eigenvalue weighted by Crippen LogP contribution is -2.38. The number of hydrogen-bond donors (Lipinski definition) is 2. The molecule has 0 heterocycles. The molecule has 2 N–H and O–H groups in total. The number of carboxylic acids is 1. The highest BCUT2D eigenvalue weighted by molar-refractivity contribution is 8.13. The second-order valence-corrected chi connectivity index (χ2v) is 7.76. The van der Waals surface area contributed by atoms with E-state index in [1.54, 1.807) is 30.3 Å². The zero-order chi connectivity index (χ0) is 20.4. The van der Waals surface area contributed by atoms with Crippen LogP contribution in [-0.4, -0.2) is 27.9 Å². The molecule has 0 bridgehead atoms. The second kappa shape index (κ2) is 11.3. The summed E-state index contributed by atoms with van der Waals surface area (Å²) in [4.78, 5) is 35.8. The number of nitrogens with one attached hydrogen (secondary N) is 1. The van der Waals surface area contributed by atoms with Crippen LogP contribution in [0.2, 0.25) is 0 Å². The molecule has 2 rings (SSSR count). The van der Waals surface area contributed by atoms with Crippen molar-refractivity contribution in [2.75, 3.05) is 5.75 Å². The Kier molecular flexibility index (Phi) is 8.75. The van der Waals surface area contributed by atoms with Crippen LogP contribution in [0.15, 0.2) is 60.7 Å². The van der Waals surface area contributed by atoms with E-state index in [0.29, 0.717) is 17.7 Å². The molecule has 148 valence electrons. The average molecular weight is 400 g/mol. The van der Waals surface area contributed by atoms with Gasteiger partial charge in [-0.05, 0) is 30.4 Å². The van der Waals surface area contributed by atoms with Crippen molar-refractivity contribution in [3.8, 4) is 0 Å². The summed E-state index contributed by atoms with van der Waals surface area (Å²) < 4.78 is 0. The summed E-state index contributed by atoms with van der Waals surface area (Å²) in [6.07, 6.45) is 2.20. The summed E-state index contributed by atoms with van der Waals surface area (Å²) in [7, 11) is 0. The second-order valence-electron chi connectivity index (χ2n) is 6.57. The van der Waals surface area contributed by atoms with E-state index in [2.05, 4.69) is 5.32 Å². The van der Waals surface area contributed by atoms with E-state index in [0.717, 1.165) is 24.6 Å². The first kappa shape index (κ1) is 21.7. The smallest absolute Gasteiger partial charge is 0.330 e. The maximum Gasteiger partial charge on any atom is 0.330 e. The first-order valence-electron chi connectivity index (χ1n) is 9.22. The van der Waals surface area contributed by atoms with Crippen molar-refractivity contribution in [3.05, 3.63) is 71.8 Å². The van der Waals surface area contributed by atoms with Gasteiger partial charge >= 0.3 is 5.97 Å². The summed E-state index contributed by atoms with van der Waals surface area (Å²) in [5.74, 6) is -1.53. The lowest BCUT2D eigenvalue weighted by molar-refractivity contribution is -0.142. The van der Waals surface area contributed by atoms with Crippen LogP contribution in [-0.2, 0) is 20.8 Å². The van der Waals surface area contributed by atoms with Crippen molar-refractivity contribution >= 4 is 28.8 Å². The first-order chi connectivity index (χ1) is 13.5. The van der Waals surface area contributed by atoms with Crippen molar-refractivity contribution in [2.24, 2.45) is 5.92 Å². The predicted molar refractivity (Wildman–Crippen MR) is 111 cm³/mol. The quantitative estimate of drug-likeness (QED) is 0.634. The van der Waals surface area contributed by atoms with E-state index < -0.39 is 17.9 Å². The van der Waals surface area contributed by atoms with E-state index in [1.165, 1.54) is 12.5 Å². The van der Waals surface area contributed by atoms with Crippen LogP contribution in [0.25, 0.3) is 0 Å². The fourth-order valence-electron chi connectivity index (χ4n) is 2.90. The molecule has 0 aliphatic rings. The van der Waals surface area contributed by atoms with Crippen LogP contribution < -0.4 is 5.32 Å². The molecule has 0 unspecified atom stereocenters. The number of aryl methyl sites for hydroxylation is 1. The molecule has 0 aromatic heterocycles. The summed E-state index contributed by atoms with van der Waals surface area (Å²) in [6, 6.07) is 17.5. The Bertz CT molecular complexity index is 780. The van der Waals surface area contributed by atoms with Gasteiger partial charge in [-0.3, -0.25) is 9.59 Å². The Morgan fingerprint density at radius 1 is 1.00 bits per heavy atom. The number of carbonyl (C=O) groups is 3. The topological polar surface area (TPSA) is 83.5 Å². The summed E-state index contributed by atoms with van der Waals surface area (Å²) >= 11 is 1.10. The molecular formula is C22H25NO4S. The standard InChI is InChI=1S/C22H25NO4S/c1-16(24)28-15-19(14-8-11-17-9-4-2-5-10-17)21(25)23-20(22(26)27)18-12-6-3-7-13-18/h2-7,9-10,12-13,19-20H,8,11,14-15H2,1H3,(H,23,25)(H,26,27)/t19-,20+/m0/s1. The number of rotatable bonds is 10. The van der Waals surface area contributed by atoms with Crippen molar-refractivity contribution in [3.63, 3.8) is 0 Å². The lowest BCUT2D eigenvalue weighted by Gasteiger charge is -2.20. The Hall–Kier alpha value is -2.60. The largest absolute Gasteiger partial charge is 0.479 e. The van der Waals surface area contributed by atoms with Gasteiger partial charge in [0.05, 0.1) is 0 Å². The van der Waals surface area contributed by atoms with Gasteiger partial charge in [-0.15, -0.1) is 0 Å². The number of hydrogen-bond acceptors (Lipinski definition) is 4. The lowest BCUT2D eigenvalue weighted by atomic mass is 9.99. The molecule has 2 atom stereocenters. The fourth-order valence-corrected chi connectivity index (χ4v) is 3.65. The van der Waals surface area contributed by atoms with Crippen molar-refractivity contribution in [1.29, 1.82) is 0 Å². The SMILES string of the molecule is CC(=O)SC[C@H](CCCc1ccccc1)C(=O)N[C@@H](C(=O)O)c1ccccc1.